The summed E-state index contributed by atoms with van der Waals surface area (Å²) in [5.74, 6) is 0. The Morgan fingerprint density at radius 1 is 0.179 bits per heavy atom. The zero-order valence-corrected chi connectivity index (χ0v) is 44.0. The zero-order chi connectivity index (χ0) is 51.9. The Kier molecular flexibility index (Phi) is 9.54. The number of fused-ring (bicyclic) bond motifs is 15. The van der Waals surface area contributed by atoms with Crippen LogP contribution in [0.2, 0.25) is 0 Å². The minimum atomic E-state index is -0.558. The maximum absolute atomic E-state index is 2.58. The van der Waals surface area contributed by atoms with Gasteiger partial charge < -0.3 is 0 Å². The van der Waals surface area contributed by atoms with Crippen LogP contribution in [0.25, 0.3) is 65.7 Å². The number of hydrogen-bond acceptors (Lipinski definition) is 0. The maximum atomic E-state index is 2.58. The van der Waals surface area contributed by atoms with Crippen LogP contribution < -0.4 is 0 Å². The molecule has 16 rings (SSSR count). The summed E-state index contributed by atoms with van der Waals surface area (Å²) < 4.78 is 0. The van der Waals surface area contributed by atoms with Gasteiger partial charge in [0.05, 0.1) is 16.2 Å². The molecule has 0 heterocycles. The van der Waals surface area contributed by atoms with Gasteiger partial charge in [0, 0.05) is 0 Å². The Hall–Kier alpha value is -9.36. The van der Waals surface area contributed by atoms with Crippen LogP contribution in [0.5, 0.6) is 0 Å². The molecule has 0 radical (unpaired) electrons. The summed E-state index contributed by atoms with van der Waals surface area (Å²) in [7, 11) is 0. The molecule has 0 saturated carbocycles. The summed E-state index contributed by atoms with van der Waals surface area (Å²) in [4.78, 5) is 0. The number of rotatable bonds is 6. The Bertz CT molecular complexity index is 3990. The molecule has 0 fully saturated rings. The van der Waals surface area contributed by atoms with Crippen LogP contribution in [0, 0.1) is 20.8 Å². The van der Waals surface area contributed by atoms with E-state index in [2.05, 4.69) is 294 Å². The molecule has 13 aromatic carbocycles. The number of benzene rings is 13. The molecule has 0 amide bonds. The van der Waals surface area contributed by atoms with Crippen molar-refractivity contribution in [3.05, 3.63) is 356 Å². The van der Waals surface area contributed by atoms with Crippen LogP contribution >= 0.6 is 0 Å². The van der Waals surface area contributed by atoms with Gasteiger partial charge in [-0.25, -0.2) is 0 Å². The smallest absolute Gasteiger partial charge is 0.0619 e. The topological polar surface area (TPSA) is 0 Å². The van der Waals surface area contributed by atoms with Crippen molar-refractivity contribution in [1.82, 2.24) is 0 Å². The number of aryl methyl sites for hydroxylation is 3. The van der Waals surface area contributed by atoms with Gasteiger partial charge in [-0.3, -0.25) is 0 Å². The molecule has 13 aromatic rings. The lowest BCUT2D eigenvalue weighted by molar-refractivity contribution is 0.768. The molecule has 0 atom stereocenters. The summed E-state index contributed by atoms with van der Waals surface area (Å²) in [6.45, 7) is 6.58. The predicted octanol–water partition coefficient (Wildman–Crippen LogP) is 19.2. The second-order valence-electron chi connectivity index (χ2n) is 22.4. The van der Waals surface area contributed by atoms with E-state index in [4.69, 9.17) is 0 Å². The first-order valence-corrected chi connectivity index (χ1v) is 27.6. The van der Waals surface area contributed by atoms with Crippen LogP contribution in [0.3, 0.4) is 0 Å². The Labute approximate surface area is 456 Å². The van der Waals surface area contributed by atoms with Gasteiger partial charge in [-0.1, -0.05) is 271 Å². The third kappa shape index (κ3) is 5.84. The fourth-order valence-electron chi connectivity index (χ4n) is 15.2. The molecule has 0 N–H and O–H groups in total. The highest BCUT2D eigenvalue weighted by Gasteiger charge is 2.49. The van der Waals surface area contributed by atoms with Gasteiger partial charge >= 0.3 is 0 Å². The Balaban J connectivity index is 1.05. The van der Waals surface area contributed by atoms with Crippen molar-refractivity contribution in [2.75, 3.05) is 0 Å². The van der Waals surface area contributed by atoms with Crippen molar-refractivity contribution in [3.63, 3.8) is 0 Å². The van der Waals surface area contributed by atoms with E-state index in [1.165, 1.54) is 149 Å². The van der Waals surface area contributed by atoms with Crippen molar-refractivity contribution in [1.29, 1.82) is 0 Å². The van der Waals surface area contributed by atoms with Gasteiger partial charge in [0.1, 0.15) is 0 Å². The summed E-state index contributed by atoms with van der Waals surface area (Å²) in [6.07, 6.45) is 0. The third-order valence-corrected chi connectivity index (χ3v) is 18.5. The molecular weight excluding hydrogens is 937 g/mol. The first-order valence-electron chi connectivity index (χ1n) is 27.6. The van der Waals surface area contributed by atoms with E-state index in [0.717, 1.165) is 0 Å². The van der Waals surface area contributed by atoms with Crippen molar-refractivity contribution in [2.45, 2.75) is 37.0 Å². The lowest BCUT2D eigenvalue weighted by Crippen LogP contribution is -2.29. The van der Waals surface area contributed by atoms with E-state index in [-0.39, 0.29) is 0 Å². The Morgan fingerprint density at radius 3 is 0.590 bits per heavy atom. The molecule has 0 bridgehead atoms. The molecule has 0 saturated heterocycles. The monoisotopic (exact) mass is 990 g/mol. The first-order chi connectivity index (χ1) is 38.4. The lowest BCUT2D eigenvalue weighted by atomic mass is 9.66. The molecule has 0 heteroatoms. The van der Waals surface area contributed by atoms with E-state index >= 15 is 0 Å². The summed E-state index contributed by atoms with van der Waals surface area (Å²) >= 11 is 0. The highest BCUT2D eigenvalue weighted by molar-refractivity contribution is 6.26. The minimum absolute atomic E-state index is 0.558. The zero-order valence-electron chi connectivity index (χ0n) is 44.0. The molecule has 3 aliphatic rings. The summed E-state index contributed by atoms with van der Waals surface area (Å²) in [5, 5.41) is 7.49. The normalized spacial score (nSPS) is 14.7. The average molecular weight is 991 g/mol. The van der Waals surface area contributed by atoms with E-state index in [9.17, 15) is 0 Å². The van der Waals surface area contributed by atoms with Crippen LogP contribution in [-0.4, -0.2) is 0 Å². The molecule has 366 valence electrons. The molecule has 78 heavy (non-hydrogen) atoms. The van der Waals surface area contributed by atoms with Gasteiger partial charge in [0.25, 0.3) is 0 Å². The standard InChI is InChI=1S/C78H54/c1-49-28-34-52(35-29-49)76(70-22-10-4-16-61(70)62-17-5-11-23-71(62)76)55-40-43-58-67(46-55)59-44-41-56(77(53-36-30-50(2)31-37-53)72-24-12-6-18-63(72)64-19-7-13-25-73(64)77)48-69(59)60-45-42-57(47-68(58)60)78(54-38-32-51(3)33-39-54)74-26-14-8-20-65(74)66-21-9-15-27-75(66)78/h4-48H,1-3H3. The highest BCUT2D eigenvalue weighted by atomic mass is 14.5. The maximum Gasteiger partial charge on any atom is 0.0713 e. The van der Waals surface area contributed by atoms with E-state index < -0.39 is 16.2 Å². The average Bonchev–Trinajstić information content (AvgIpc) is 3.55. The van der Waals surface area contributed by atoms with Crippen LogP contribution in [-0.2, 0) is 16.2 Å². The summed E-state index contributed by atoms with van der Waals surface area (Å²) in [5.41, 5.74) is 25.4. The predicted molar refractivity (Wildman–Crippen MR) is 325 cm³/mol. The molecule has 3 aliphatic carbocycles. The lowest BCUT2D eigenvalue weighted by Gasteiger charge is -2.35. The van der Waals surface area contributed by atoms with Crippen molar-refractivity contribution in [3.8, 4) is 33.4 Å². The van der Waals surface area contributed by atoms with E-state index in [1.807, 2.05) is 0 Å². The van der Waals surface area contributed by atoms with E-state index in [1.54, 1.807) is 0 Å². The molecule has 0 nitrogen and oxygen atoms in total. The third-order valence-electron chi connectivity index (χ3n) is 18.5. The van der Waals surface area contributed by atoms with Gasteiger partial charge in [-0.15, -0.1) is 0 Å². The first kappa shape index (κ1) is 44.9. The molecular formula is C78H54. The summed E-state index contributed by atoms with van der Waals surface area (Å²) in [6, 6.07) is 105. The van der Waals surface area contributed by atoms with Gasteiger partial charge in [-0.05, 0) is 171 Å². The van der Waals surface area contributed by atoms with Crippen LogP contribution in [0.15, 0.2) is 273 Å². The fourth-order valence-corrected chi connectivity index (χ4v) is 15.2. The van der Waals surface area contributed by atoms with E-state index in [0.29, 0.717) is 0 Å². The molecule has 0 unspecified atom stereocenters. The SMILES string of the molecule is Cc1ccc(C2(c3ccc4c(c3)c3ccc(C5(c6ccc(C)cc6)c6ccccc6-c6ccccc65)cc3c3ccc(C5(c6ccc(C)cc6)c6ccccc6-c6ccccc65)cc43)c3ccccc3-c3ccccc32)cc1. The fraction of sp³-hybridized carbons (Fsp3) is 0.0769. The van der Waals surface area contributed by atoms with Gasteiger partial charge in [0.2, 0.25) is 0 Å². The molecule has 0 spiro atoms. The largest absolute Gasteiger partial charge is 0.0713 e. The minimum Gasteiger partial charge on any atom is -0.0619 e. The second-order valence-corrected chi connectivity index (χ2v) is 22.4. The Morgan fingerprint density at radius 2 is 0.372 bits per heavy atom. The van der Waals surface area contributed by atoms with Crippen molar-refractivity contribution >= 4 is 32.3 Å². The quantitative estimate of drug-likeness (QED) is 0.146. The highest BCUT2D eigenvalue weighted by Crippen LogP contribution is 2.60. The second kappa shape index (κ2) is 16.6. The van der Waals surface area contributed by atoms with Gasteiger partial charge in [-0.2, -0.15) is 0 Å². The van der Waals surface area contributed by atoms with Gasteiger partial charge in [0.15, 0.2) is 0 Å². The molecule has 0 aliphatic heterocycles. The van der Waals surface area contributed by atoms with Crippen LogP contribution in [0.4, 0.5) is 0 Å². The molecule has 0 aromatic heterocycles. The van der Waals surface area contributed by atoms with Crippen molar-refractivity contribution in [2.24, 2.45) is 0 Å². The number of hydrogen-bond donors (Lipinski definition) is 0. The van der Waals surface area contributed by atoms with Crippen LogP contribution in [0.1, 0.15) is 83.5 Å². The van der Waals surface area contributed by atoms with Crippen molar-refractivity contribution < 1.29 is 0 Å².